The third-order valence-corrected chi connectivity index (χ3v) is 2.11. The molecular formula is C9H3Cl2F3. The fourth-order valence-corrected chi connectivity index (χ4v) is 1.09. The summed E-state index contributed by atoms with van der Waals surface area (Å²) in [4.78, 5) is 0. The molecule has 0 heterocycles. The zero-order valence-electron chi connectivity index (χ0n) is 6.62. The fraction of sp³-hybridized carbons (Fsp3) is 0.111. The standard InChI is InChI=1S/C9H3Cl2F3/c10-7-3-1-2-6(8(7)11)4-5-9(12,13)14/h1-3H. The van der Waals surface area contributed by atoms with Crippen LogP contribution in [0.15, 0.2) is 18.2 Å². The second-order valence-corrected chi connectivity index (χ2v) is 3.13. The zero-order chi connectivity index (χ0) is 10.8. The molecular weight excluding hydrogens is 236 g/mol. The summed E-state index contributed by atoms with van der Waals surface area (Å²) in [5.74, 6) is 3.02. The molecule has 0 unspecified atom stereocenters. The maximum absolute atomic E-state index is 11.7. The first kappa shape index (κ1) is 11.2. The molecule has 0 saturated heterocycles. The maximum atomic E-state index is 11.7. The van der Waals surface area contributed by atoms with Gasteiger partial charge in [0.2, 0.25) is 0 Å². The number of hydrogen-bond acceptors (Lipinski definition) is 0. The van der Waals surface area contributed by atoms with Crippen molar-refractivity contribution in [2.75, 3.05) is 0 Å². The molecule has 14 heavy (non-hydrogen) atoms. The van der Waals surface area contributed by atoms with E-state index in [2.05, 4.69) is 0 Å². The zero-order valence-corrected chi connectivity index (χ0v) is 8.13. The van der Waals surface area contributed by atoms with Gasteiger partial charge in [-0.15, -0.1) is 0 Å². The second-order valence-electron chi connectivity index (χ2n) is 2.35. The van der Waals surface area contributed by atoms with Gasteiger partial charge in [0, 0.05) is 11.5 Å². The highest BCUT2D eigenvalue weighted by molar-refractivity contribution is 6.42. The minimum atomic E-state index is -4.52. The molecule has 0 spiro atoms. The van der Waals surface area contributed by atoms with Crippen LogP contribution in [-0.2, 0) is 0 Å². The van der Waals surface area contributed by atoms with Gasteiger partial charge in [0.15, 0.2) is 0 Å². The molecule has 0 aromatic heterocycles. The van der Waals surface area contributed by atoms with Crippen LogP contribution in [0, 0.1) is 11.8 Å². The molecule has 1 aromatic rings. The maximum Gasteiger partial charge on any atom is 0.458 e. The molecule has 0 fully saturated rings. The molecule has 0 aliphatic carbocycles. The van der Waals surface area contributed by atoms with E-state index in [1.807, 2.05) is 5.92 Å². The van der Waals surface area contributed by atoms with Gasteiger partial charge >= 0.3 is 6.18 Å². The Bertz CT molecular complexity index is 399. The molecule has 0 bridgehead atoms. The van der Waals surface area contributed by atoms with Crippen LogP contribution in [0.5, 0.6) is 0 Å². The lowest BCUT2D eigenvalue weighted by molar-refractivity contribution is -0.0696. The molecule has 0 atom stereocenters. The van der Waals surface area contributed by atoms with Gasteiger partial charge in [0.1, 0.15) is 0 Å². The van der Waals surface area contributed by atoms with E-state index in [0.717, 1.165) is 5.92 Å². The molecule has 0 saturated carbocycles. The minimum Gasteiger partial charge on any atom is -0.159 e. The summed E-state index contributed by atoms with van der Waals surface area (Å²) < 4.78 is 35.2. The Morgan fingerprint density at radius 3 is 2.36 bits per heavy atom. The molecule has 0 nitrogen and oxygen atoms in total. The van der Waals surface area contributed by atoms with Gasteiger partial charge in [-0.25, -0.2) is 0 Å². The summed E-state index contributed by atoms with van der Waals surface area (Å²) in [6.45, 7) is 0. The Morgan fingerprint density at radius 2 is 1.79 bits per heavy atom. The number of rotatable bonds is 0. The lowest BCUT2D eigenvalue weighted by Gasteiger charge is -1.98. The van der Waals surface area contributed by atoms with Crippen molar-refractivity contribution in [3.05, 3.63) is 33.8 Å². The fourth-order valence-electron chi connectivity index (χ4n) is 0.739. The predicted molar refractivity (Wildman–Crippen MR) is 49.4 cm³/mol. The highest BCUT2D eigenvalue weighted by Gasteiger charge is 2.23. The van der Waals surface area contributed by atoms with E-state index in [-0.39, 0.29) is 15.6 Å². The van der Waals surface area contributed by atoms with Gasteiger partial charge in [0.25, 0.3) is 0 Å². The monoisotopic (exact) mass is 238 g/mol. The van der Waals surface area contributed by atoms with Crippen LogP contribution < -0.4 is 0 Å². The van der Waals surface area contributed by atoms with Gasteiger partial charge < -0.3 is 0 Å². The summed E-state index contributed by atoms with van der Waals surface area (Å²) in [6, 6.07) is 4.32. The van der Waals surface area contributed by atoms with Crippen molar-refractivity contribution in [3.63, 3.8) is 0 Å². The Labute approximate surface area is 88.6 Å². The Kier molecular flexibility index (Phi) is 3.30. The third-order valence-electron chi connectivity index (χ3n) is 1.29. The van der Waals surface area contributed by atoms with Crippen molar-refractivity contribution in [1.82, 2.24) is 0 Å². The van der Waals surface area contributed by atoms with Crippen LogP contribution in [0.25, 0.3) is 0 Å². The summed E-state index contributed by atoms with van der Waals surface area (Å²) in [6.07, 6.45) is -4.52. The van der Waals surface area contributed by atoms with E-state index < -0.39 is 6.18 Å². The molecule has 1 rings (SSSR count). The van der Waals surface area contributed by atoms with E-state index in [1.54, 1.807) is 0 Å². The molecule has 74 valence electrons. The Hall–Kier alpha value is -0.850. The number of benzene rings is 1. The summed E-state index contributed by atoms with van der Waals surface area (Å²) in [7, 11) is 0. The number of hydrogen-bond donors (Lipinski definition) is 0. The van der Waals surface area contributed by atoms with Crippen LogP contribution in [0.1, 0.15) is 5.56 Å². The molecule has 5 heteroatoms. The Balaban J connectivity index is 3.08. The van der Waals surface area contributed by atoms with Crippen LogP contribution in [0.3, 0.4) is 0 Å². The average Bonchev–Trinajstić information content (AvgIpc) is 2.06. The van der Waals surface area contributed by atoms with Crippen molar-refractivity contribution < 1.29 is 13.2 Å². The molecule has 0 aliphatic rings. The topological polar surface area (TPSA) is 0 Å². The minimum absolute atomic E-state index is 0.0333. The lowest BCUT2D eigenvalue weighted by atomic mass is 10.2. The first-order valence-electron chi connectivity index (χ1n) is 3.44. The normalized spacial score (nSPS) is 10.6. The molecule has 0 N–H and O–H groups in total. The number of alkyl halides is 3. The van der Waals surface area contributed by atoms with E-state index >= 15 is 0 Å². The van der Waals surface area contributed by atoms with Crippen LogP contribution in [0.2, 0.25) is 10.0 Å². The highest BCUT2D eigenvalue weighted by atomic mass is 35.5. The third kappa shape index (κ3) is 3.13. The van der Waals surface area contributed by atoms with Crippen LogP contribution in [-0.4, -0.2) is 6.18 Å². The van der Waals surface area contributed by atoms with Gasteiger partial charge in [-0.05, 0) is 12.1 Å². The Morgan fingerprint density at radius 1 is 1.14 bits per heavy atom. The molecule has 0 amide bonds. The molecule has 0 aliphatic heterocycles. The average molecular weight is 239 g/mol. The lowest BCUT2D eigenvalue weighted by Crippen LogP contribution is -2.01. The van der Waals surface area contributed by atoms with Crippen molar-refractivity contribution in [1.29, 1.82) is 0 Å². The first-order chi connectivity index (χ1) is 6.40. The van der Waals surface area contributed by atoms with E-state index in [9.17, 15) is 13.2 Å². The second kappa shape index (κ2) is 4.12. The molecule has 0 radical (unpaired) electrons. The van der Waals surface area contributed by atoms with E-state index in [1.165, 1.54) is 18.2 Å². The SMILES string of the molecule is FC(F)(F)C#Cc1cccc(Cl)c1Cl. The first-order valence-corrected chi connectivity index (χ1v) is 4.19. The van der Waals surface area contributed by atoms with E-state index in [0.29, 0.717) is 0 Å². The quantitative estimate of drug-likeness (QED) is 0.602. The van der Waals surface area contributed by atoms with E-state index in [4.69, 9.17) is 23.2 Å². The smallest absolute Gasteiger partial charge is 0.159 e. The van der Waals surface area contributed by atoms with Crippen molar-refractivity contribution in [2.24, 2.45) is 0 Å². The van der Waals surface area contributed by atoms with Gasteiger partial charge in [-0.2, -0.15) is 13.2 Å². The van der Waals surface area contributed by atoms with Gasteiger partial charge in [-0.3, -0.25) is 0 Å². The van der Waals surface area contributed by atoms with Gasteiger partial charge in [-0.1, -0.05) is 35.2 Å². The summed E-state index contributed by atoms with van der Waals surface area (Å²) in [5, 5.41) is 0.214. The van der Waals surface area contributed by atoms with Crippen LogP contribution >= 0.6 is 23.2 Å². The summed E-state index contributed by atoms with van der Waals surface area (Å²) in [5.41, 5.74) is 0.0662. The largest absolute Gasteiger partial charge is 0.458 e. The van der Waals surface area contributed by atoms with Crippen LogP contribution in [0.4, 0.5) is 13.2 Å². The predicted octanol–water partition coefficient (Wildman–Crippen LogP) is 3.91. The number of halogens is 5. The summed E-state index contributed by atoms with van der Waals surface area (Å²) >= 11 is 11.2. The highest BCUT2D eigenvalue weighted by Crippen LogP contribution is 2.25. The van der Waals surface area contributed by atoms with Crippen molar-refractivity contribution >= 4 is 23.2 Å². The molecule has 1 aromatic carbocycles. The van der Waals surface area contributed by atoms with Crippen molar-refractivity contribution in [3.8, 4) is 11.8 Å². The van der Waals surface area contributed by atoms with Gasteiger partial charge in [0.05, 0.1) is 10.0 Å². The van der Waals surface area contributed by atoms with Crippen molar-refractivity contribution in [2.45, 2.75) is 6.18 Å².